The number of rotatable bonds is 8. The Bertz CT molecular complexity index is 1540. The molecule has 204 valence electrons. The van der Waals surface area contributed by atoms with Crippen LogP contribution in [0.1, 0.15) is 34.1 Å². The topological polar surface area (TPSA) is 124 Å². The summed E-state index contributed by atoms with van der Waals surface area (Å²) in [5.74, 6) is -0.424. The van der Waals surface area contributed by atoms with Crippen LogP contribution < -0.4 is 14.8 Å². The second kappa shape index (κ2) is 11.2. The maximum absolute atomic E-state index is 13.3. The van der Waals surface area contributed by atoms with Gasteiger partial charge in [-0.2, -0.15) is 23.3 Å². The molecule has 0 saturated heterocycles. The molecule has 0 fully saturated rings. The first-order valence-corrected chi connectivity index (χ1v) is 12.9. The third kappa shape index (κ3) is 6.39. The first-order chi connectivity index (χ1) is 18.5. The fourth-order valence-electron chi connectivity index (χ4n) is 3.74. The fourth-order valence-corrected chi connectivity index (χ4v) is 4.20. The number of aryl methyl sites for hydroxylation is 2. The number of carbonyl (C=O) groups excluding carboxylic acids is 1. The second-order valence-electron chi connectivity index (χ2n) is 8.42. The summed E-state index contributed by atoms with van der Waals surface area (Å²) < 4.78 is 60.4. The van der Waals surface area contributed by atoms with E-state index in [2.05, 4.69) is 30.1 Å². The van der Waals surface area contributed by atoms with Gasteiger partial charge in [0.2, 0.25) is 11.8 Å². The number of hydrogen-bond acceptors (Lipinski definition) is 8. The van der Waals surface area contributed by atoms with Crippen molar-refractivity contribution in [1.29, 1.82) is 0 Å². The van der Waals surface area contributed by atoms with Gasteiger partial charge in [0.25, 0.3) is 5.91 Å². The van der Waals surface area contributed by atoms with Crippen LogP contribution in [0.4, 0.5) is 24.8 Å². The minimum Gasteiger partial charge on any atom is -0.480 e. The quantitative estimate of drug-likeness (QED) is 0.323. The Morgan fingerprint density at radius 1 is 1.10 bits per heavy atom. The summed E-state index contributed by atoms with van der Waals surface area (Å²) in [6, 6.07) is 7.97. The Balaban J connectivity index is 1.83. The molecule has 0 radical (unpaired) electrons. The molecule has 2 N–H and O–H groups in total. The predicted molar refractivity (Wildman–Crippen MR) is 139 cm³/mol. The minimum atomic E-state index is -4.67. The van der Waals surface area contributed by atoms with Gasteiger partial charge in [0.15, 0.2) is 11.5 Å². The molecule has 1 unspecified atom stereocenters. The number of pyridine rings is 1. The standard InChI is InChI=1S/C25H24F3N7O3S/c1-5-39(37)34-22(36)18-11-16(12-29-23(18)38-4)19-13-30-24(31-17-9-14(2)8-15(3)10-17)32-21(19)35-7-6-20(33-35)25(26,27)28/h6-13H,5H2,1-4H3,(H,34,36)(H,30,31,32). The summed E-state index contributed by atoms with van der Waals surface area (Å²) in [5, 5.41) is 6.73. The van der Waals surface area contributed by atoms with Crippen LogP contribution in [-0.2, 0) is 17.2 Å². The Kier molecular flexibility index (Phi) is 7.95. The summed E-state index contributed by atoms with van der Waals surface area (Å²) in [6.45, 7) is 5.49. The largest absolute Gasteiger partial charge is 0.480 e. The van der Waals surface area contributed by atoms with Crippen LogP contribution >= 0.6 is 0 Å². The number of anilines is 2. The number of methoxy groups -OCH3 is 1. The van der Waals surface area contributed by atoms with Gasteiger partial charge in [0.05, 0.1) is 7.11 Å². The summed E-state index contributed by atoms with van der Waals surface area (Å²) >= 11 is 0. The number of nitrogens with one attached hydrogen (secondary N) is 2. The molecule has 0 spiro atoms. The van der Waals surface area contributed by atoms with Crippen molar-refractivity contribution in [2.45, 2.75) is 26.9 Å². The Morgan fingerprint density at radius 3 is 2.44 bits per heavy atom. The number of benzene rings is 1. The molecule has 10 nitrogen and oxygen atoms in total. The van der Waals surface area contributed by atoms with E-state index in [-0.39, 0.29) is 34.5 Å². The van der Waals surface area contributed by atoms with Crippen LogP contribution in [0.3, 0.4) is 0 Å². The lowest BCUT2D eigenvalue weighted by Gasteiger charge is -2.14. The molecule has 3 heterocycles. The van der Waals surface area contributed by atoms with E-state index in [1.807, 2.05) is 32.0 Å². The van der Waals surface area contributed by atoms with Crippen molar-refractivity contribution in [2.24, 2.45) is 0 Å². The number of ether oxygens (including phenoxy) is 1. The summed E-state index contributed by atoms with van der Waals surface area (Å²) in [5.41, 5.74) is 2.07. The smallest absolute Gasteiger partial charge is 0.435 e. The maximum atomic E-state index is 13.3. The minimum absolute atomic E-state index is 0.00262. The molecule has 0 aliphatic carbocycles. The number of hydrogen-bond donors (Lipinski definition) is 2. The summed E-state index contributed by atoms with van der Waals surface area (Å²) in [7, 11) is -0.302. The number of alkyl halides is 3. The number of nitrogens with zero attached hydrogens (tertiary/aromatic N) is 5. The molecule has 1 amide bonds. The lowest BCUT2D eigenvalue weighted by molar-refractivity contribution is -0.141. The lowest BCUT2D eigenvalue weighted by Crippen LogP contribution is -2.27. The number of carbonyl (C=O) groups is 1. The molecule has 0 aliphatic heterocycles. The van der Waals surface area contributed by atoms with Crippen molar-refractivity contribution in [2.75, 3.05) is 18.2 Å². The van der Waals surface area contributed by atoms with Gasteiger partial charge >= 0.3 is 6.18 Å². The Labute approximate surface area is 224 Å². The van der Waals surface area contributed by atoms with Crippen molar-refractivity contribution in [3.05, 3.63) is 71.3 Å². The maximum Gasteiger partial charge on any atom is 0.435 e. The van der Waals surface area contributed by atoms with Gasteiger partial charge in [0, 0.05) is 41.2 Å². The average molecular weight is 560 g/mol. The van der Waals surface area contributed by atoms with Crippen molar-refractivity contribution < 1.29 is 26.9 Å². The first-order valence-electron chi connectivity index (χ1n) is 11.6. The molecule has 4 rings (SSSR count). The molecule has 0 aliphatic rings. The second-order valence-corrected chi connectivity index (χ2v) is 9.89. The van der Waals surface area contributed by atoms with Crippen LogP contribution in [-0.4, -0.2) is 47.7 Å². The highest BCUT2D eigenvalue weighted by atomic mass is 32.2. The van der Waals surface area contributed by atoms with E-state index in [4.69, 9.17) is 4.74 Å². The third-order valence-corrected chi connectivity index (χ3v) is 6.35. The van der Waals surface area contributed by atoms with E-state index in [1.54, 1.807) is 6.92 Å². The monoisotopic (exact) mass is 559 g/mol. The lowest BCUT2D eigenvalue weighted by atomic mass is 10.1. The van der Waals surface area contributed by atoms with E-state index < -0.39 is 28.8 Å². The molecule has 4 aromatic rings. The van der Waals surface area contributed by atoms with Gasteiger partial charge in [-0.25, -0.2) is 18.9 Å². The molecule has 14 heteroatoms. The molecule has 39 heavy (non-hydrogen) atoms. The van der Waals surface area contributed by atoms with Gasteiger partial charge in [-0.3, -0.25) is 9.52 Å². The fraction of sp³-hybridized carbons (Fsp3) is 0.240. The number of halogens is 3. The Morgan fingerprint density at radius 2 is 1.82 bits per heavy atom. The molecular weight excluding hydrogens is 535 g/mol. The van der Waals surface area contributed by atoms with Crippen molar-refractivity contribution in [3.8, 4) is 22.8 Å². The zero-order chi connectivity index (χ0) is 28.3. The third-order valence-electron chi connectivity index (χ3n) is 5.41. The van der Waals surface area contributed by atoms with E-state index in [1.165, 1.54) is 25.6 Å². The van der Waals surface area contributed by atoms with Gasteiger partial charge in [0.1, 0.15) is 16.5 Å². The predicted octanol–water partition coefficient (Wildman–Crippen LogP) is 4.53. The van der Waals surface area contributed by atoms with Crippen LogP contribution in [0.15, 0.2) is 48.9 Å². The van der Waals surface area contributed by atoms with Gasteiger partial charge in [-0.05, 0) is 49.2 Å². The summed E-state index contributed by atoms with van der Waals surface area (Å²) in [6.07, 6.45) is -0.790. The van der Waals surface area contributed by atoms with Crippen LogP contribution in [0.2, 0.25) is 0 Å². The Hall–Kier alpha value is -4.33. The highest BCUT2D eigenvalue weighted by Crippen LogP contribution is 2.32. The van der Waals surface area contributed by atoms with Crippen molar-refractivity contribution >= 4 is 28.5 Å². The molecule has 0 bridgehead atoms. The zero-order valence-corrected chi connectivity index (χ0v) is 22.1. The van der Waals surface area contributed by atoms with Crippen molar-refractivity contribution in [3.63, 3.8) is 0 Å². The van der Waals surface area contributed by atoms with Crippen LogP contribution in [0, 0.1) is 13.8 Å². The normalized spacial score (nSPS) is 12.2. The SMILES string of the molecule is CCS(=O)NC(=O)c1cc(-c2cnc(Nc3cc(C)cc(C)c3)nc2-n2ccc(C(F)(F)F)n2)cnc1OC. The highest BCUT2D eigenvalue weighted by Gasteiger charge is 2.34. The molecule has 0 saturated carbocycles. The van der Waals surface area contributed by atoms with Crippen LogP contribution in [0.5, 0.6) is 5.88 Å². The molecule has 1 atom stereocenters. The molecular formula is C25H24F3N7O3S. The van der Waals surface area contributed by atoms with Gasteiger partial charge in [-0.1, -0.05) is 13.0 Å². The number of amides is 1. The van der Waals surface area contributed by atoms with E-state index in [9.17, 15) is 22.2 Å². The average Bonchev–Trinajstić information content (AvgIpc) is 3.39. The van der Waals surface area contributed by atoms with Crippen molar-refractivity contribution in [1.82, 2.24) is 29.5 Å². The van der Waals surface area contributed by atoms with E-state index >= 15 is 0 Å². The summed E-state index contributed by atoms with van der Waals surface area (Å²) in [4.78, 5) is 25.7. The zero-order valence-electron chi connectivity index (χ0n) is 21.3. The van der Waals surface area contributed by atoms with E-state index in [0.29, 0.717) is 11.3 Å². The molecule has 3 aromatic heterocycles. The highest BCUT2D eigenvalue weighted by molar-refractivity contribution is 7.83. The van der Waals surface area contributed by atoms with Gasteiger partial charge in [-0.15, -0.1) is 0 Å². The van der Waals surface area contributed by atoms with Gasteiger partial charge < -0.3 is 10.1 Å². The van der Waals surface area contributed by atoms with E-state index in [0.717, 1.165) is 28.1 Å². The number of aromatic nitrogens is 5. The molecule has 1 aromatic carbocycles. The van der Waals surface area contributed by atoms with Crippen LogP contribution in [0.25, 0.3) is 16.9 Å². The first kappa shape index (κ1) is 27.7.